The van der Waals surface area contributed by atoms with Crippen molar-refractivity contribution < 1.29 is 0 Å². The second-order valence-electron chi connectivity index (χ2n) is 4.62. The number of hydrogen-bond donors (Lipinski definition) is 1. The van der Waals surface area contributed by atoms with Crippen LogP contribution in [0, 0.1) is 13.8 Å². The lowest BCUT2D eigenvalue weighted by Gasteiger charge is -2.06. The van der Waals surface area contributed by atoms with E-state index in [0.717, 1.165) is 16.5 Å². The number of nitrogen functional groups attached to an aromatic ring is 1. The molecule has 0 saturated heterocycles. The Bertz CT molecular complexity index is 765. The van der Waals surface area contributed by atoms with Gasteiger partial charge in [-0.3, -0.25) is 0 Å². The summed E-state index contributed by atoms with van der Waals surface area (Å²) in [7, 11) is 0. The van der Waals surface area contributed by atoms with Gasteiger partial charge in [-0.15, -0.1) is 0 Å². The molecule has 0 aliphatic heterocycles. The Morgan fingerprint density at radius 1 is 1.00 bits per heavy atom. The predicted molar refractivity (Wildman–Crippen MR) is 76.7 cm³/mol. The third-order valence-electron chi connectivity index (χ3n) is 3.04. The lowest BCUT2D eigenvalue weighted by molar-refractivity contribution is 1.08. The van der Waals surface area contributed by atoms with Crippen LogP contribution in [0.4, 0.5) is 5.82 Å². The summed E-state index contributed by atoms with van der Waals surface area (Å²) in [5.41, 5.74) is 9.94. The van der Waals surface area contributed by atoms with E-state index in [1.807, 2.05) is 25.3 Å². The average Bonchev–Trinajstić information content (AvgIpc) is 2.38. The largest absolute Gasteiger partial charge is 0.383 e. The normalized spacial score (nSPS) is 10.8. The molecule has 3 aromatic rings. The lowest BCUT2D eigenvalue weighted by Crippen LogP contribution is -1.99. The number of anilines is 1. The van der Waals surface area contributed by atoms with Crippen molar-refractivity contribution in [3.63, 3.8) is 0 Å². The molecule has 2 heterocycles. The summed E-state index contributed by atoms with van der Waals surface area (Å²) in [6.07, 6.45) is 1.82. The molecule has 0 aliphatic carbocycles. The number of fused-ring (bicyclic) bond motifs is 1. The van der Waals surface area contributed by atoms with Crippen LogP contribution < -0.4 is 5.73 Å². The van der Waals surface area contributed by atoms with Crippen molar-refractivity contribution in [1.82, 2.24) is 15.0 Å². The van der Waals surface area contributed by atoms with E-state index in [1.54, 1.807) is 0 Å². The van der Waals surface area contributed by atoms with Gasteiger partial charge in [0.2, 0.25) is 0 Å². The van der Waals surface area contributed by atoms with E-state index in [4.69, 9.17) is 5.73 Å². The monoisotopic (exact) mass is 250 g/mol. The highest BCUT2D eigenvalue weighted by atomic mass is 15.0. The van der Waals surface area contributed by atoms with Gasteiger partial charge in [-0.2, -0.15) is 0 Å². The maximum Gasteiger partial charge on any atom is 0.164 e. The first-order valence-corrected chi connectivity index (χ1v) is 6.10. The Morgan fingerprint density at radius 3 is 2.63 bits per heavy atom. The molecule has 94 valence electrons. The first-order chi connectivity index (χ1) is 9.13. The molecule has 0 aliphatic rings. The molecule has 0 amide bonds. The van der Waals surface area contributed by atoms with Gasteiger partial charge in [0.1, 0.15) is 11.6 Å². The van der Waals surface area contributed by atoms with Crippen molar-refractivity contribution in [2.75, 3.05) is 5.73 Å². The van der Waals surface area contributed by atoms with Crippen LogP contribution in [0.15, 0.2) is 36.5 Å². The number of aromatic nitrogens is 3. The van der Waals surface area contributed by atoms with E-state index in [2.05, 4.69) is 40.1 Å². The van der Waals surface area contributed by atoms with Crippen LogP contribution in [-0.2, 0) is 0 Å². The third kappa shape index (κ3) is 2.12. The van der Waals surface area contributed by atoms with Crippen molar-refractivity contribution in [2.45, 2.75) is 13.8 Å². The Balaban J connectivity index is 2.22. The van der Waals surface area contributed by atoms with Gasteiger partial charge < -0.3 is 5.73 Å². The highest BCUT2D eigenvalue weighted by molar-refractivity contribution is 5.88. The number of nitrogens with two attached hydrogens (primary N) is 1. The molecule has 0 spiro atoms. The molecular formula is C15H14N4. The Morgan fingerprint density at radius 2 is 1.84 bits per heavy atom. The summed E-state index contributed by atoms with van der Waals surface area (Å²) in [6, 6.07) is 10.3. The molecule has 2 aromatic heterocycles. The molecule has 19 heavy (non-hydrogen) atoms. The summed E-state index contributed by atoms with van der Waals surface area (Å²) in [6.45, 7) is 3.88. The minimum absolute atomic E-state index is 0.476. The lowest BCUT2D eigenvalue weighted by atomic mass is 10.0. The molecule has 0 fully saturated rings. The molecule has 0 bridgehead atoms. The molecule has 3 rings (SSSR count). The minimum Gasteiger partial charge on any atom is -0.383 e. The maximum absolute atomic E-state index is 5.94. The molecule has 0 atom stereocenters. The molecule has 2 N–H and O–H groups in total. The van der Waals surface area contributed by atoms with Crippen LogP contribution in [0.25, 0.3) is 22.2 Å². The maximum atomic E-state index is 5.94. The zero-order chi connectivity index (χ0) is 13.4. The second kappa shape index (κ2) is 4.31. The van der Waals surface area contributed by atoms with E-state index < -0.39 is 0 Å². The summed E-state index contributed by atoms with van der Waals surface area (Å²) in [5.74, 6) is 1.12. The third-order valence-corrected chi connectivity index (χ3v) is 3.04. The highest BCUT2D eigenvalue weighted by Crippen LogP contribution is 2.25. The Kier molecular flexibility index (Phi) is 2.63. The predicted octanol–water partition coefficient (Wildman–Crippen LogP) is 2.89. The van der Waals surface area contributed by atoms with Crippen molar-refractivity contribution in [2.24, 2.45) is 0 Å². The van der Waals surface area contributed by atoms with Gasteiger partial charge in [-0.25, -0.2) is 15.0 Å². The number of rotatable bonds is 1. The first-order valence-electron chi connectivity index (χ1n) is 6.10. The second-order valence-corrected chi connectivity index (χ2v) is 4.62. The number of benzene rings is 1. The molecule has 0 unspecified atom stereocenters. The summed E-state index contributed by atoms with van der Waals surface area (Å²) in [4.78, 5) is 12.8. The van der Waals surface area contributed by atoms with Gasteiger partial charge in [-0.1, -0.05) is 29.8 Å². The van der Waals surface area contributed by atoms with Crippen molar-refractivity contribution >= 4 is 16.9 Å². The van der Waals surface area contributed by atoms with Crippen molar-refractivity contribution in [1.29, 1.82) is 0 Å². The smallest absolute Gasteiger partial charge is 0.164 e. The van der Waals surface area contributed by atoms with E-state index in [9.17, 15) is 0 Å². The van der Waals surface area contributed by atoms with Crippen LogP contribution in [0.5, 0.6) is 0 Å². The molecule has 0 radical (unpaired) electrons. The minimum atomic E-state index is 0.476. The van der Waals surface area contributed by atoms with Crippen LogP contribution in [0.1, 0.15) is 11.4 Å². The molecule has 1 aromatic carbocycles. The summed E-state index contributed by atoms with van der Waals surface area (Å²) >= 11 is 0. The van der Waals surface area contributed by atoms with E-state index in [0.29, 0.717) is 17.3 Å². The van der Waals surface area contributed by atoms with Crippen LogP contribution in [-0.4, -0.2) is 15.0 Å². The summed E-state index contributed by atoms with van der Waals surface area (Å²) in [5, 5.41) is 0.796. The highest BCUT2D eigenvalue weighted by Gasteiger charge is 2.06. The van der Waals surface area contributed by atoms with Crippen LogP contribution in [0.3, 0.4) is 0 Å². The van der Waals surface area contributed by atoms with Crippen LogP contribution >= 0.6 is 0 Å². The Labute approximate surface area is 111 Å². The van der Waals surface area contributed by atoms with Gasteiger partial charge in [0, 0.05) is 11.8 Å². The topological polar surface area (TPSA) is 64.7 Å². The quantitative estimate of drug-likeness (QED) is 0.721. The fourth-order valence-corrected chi connectivity index (χ4v) is 2.13. The fourth-order valence-electron chi connectivity index (χ4n) is 2.13. The zero-order valence-electron chi connectivity index (χ0n) is 10.9. The summed E-state index contributed by atoms with van der Waals surface area (Å²) < 4.78 is 0. The zero-order valence-corrected chi connectivity index (χ0v) is 10.9. The Hall–Kier alpha value is -2.49. The fraction of sp³-hybridized carbons (Fsp3) is 0.133. The van der Waals surface area contributed by atoms with E-state index >= 15 is 0 Å². The van der Waals surface area contributed by atoms with Gasteiger partial charge >= 0.3 is 0 Å². The van der Waals surface area contributed by atoms with E-state index in [1.165, 1.54) is 5.56 Å². The molecule has 4 heteroatoms. The van der Waals surface area contributed by atoms with Crippen molar-refractivity contribution in [3.8, 4) is 11.1 Å². The van der Waals surface area contributed by atoms with Gasteiger partial charge in [-0.05, 0) is 25.5 Å². The average molecular weight is 250 g/mol. The van der Waals surface area contributed by atoms with Crippen molar-refractivity contribution in [3.05, 3.63) is 47.9 Å². The standard InChI is InChI=1S/C15H14N4/c1-9-4-3-5-11(6-9)12-7-13-14(16)18-10(2)19-15(13)17-8-12/h3-8H,1-2H3,(H2,16,17,18,19). The van der Waals surface area contributed by atoms with Gasteiger partial charge in [0.25, 0.3) is 0 Å². The molecule has 4 nitrogen and oxygen atoms in total. The molecule has 0 saturated carbocycles. The molecular weight excluding hydrogens is 236 g/mol. The number of hydrogen-bond acceptors (Lipinski definition) is 4. The number of aryl methyl sites for hydroxylation is 2. The van der Waals surface area contributed by atoms with Gasteiger partial charge in [0.15, 0.2) is 5.65 Å². The van der Waals surface area contributed by atoms with Gasteiger partial charge in [0.05, 0.1) is 5.39 Å². The SMILES string of the molecule is Cc1cccc(-c2cnc3nc(C)nc(N)c3c2)c1. The first kappa shape index (κ1) is 11.6. The number of pyridine rings is 1. The van der Waals surface area contributed by atoms with Crippen LogP contribution in [0.2, 0.25) is 0 Å². The number of nitrogens with zero attached hydrogens (tertiary/aromatic N) is 3. The van der Waals surface area contributed by atoms with E-state index in [-0.39, 0.29) is 0 Å².